The molecule has 3 saturated heterocycles. The molecule has 3 fully saturated rings. The summed E-state index contributed by atoms with van der Waals surface area (Å²) in [6.07, 6.45) is 4.43. The monoisotopic (exact) mass is 371 g/mol. The summed E-state index contributed by atoms with van der Waals surface area (Å²) < 4.78 is 10.9. The summed E-state index contributed by atoms with van der Waals surface area (Å²) in [4.78, 5) is 28.3. The first-order valence-corrected chi connectivity index (χ1v) is 9.84. The molecule has 2 bridgehead atoms. The van der Waals surface area contributed by atoms with Crippen LogP contribution in [0.5, 0.6) is 0 Å². The van der Waals surface area contributed by atoms with Crippen molar-refractivity contribution in [2.24, 2.45) is 11.8 Å². The van der Waals surface area contributed by atoms with Crippen molar-refractivity contribution in [1.82, 2.24) is 4.90 Å². The van der Waals surface area contributed by atoms with Gasteiger partial charge in [0.15, 0.2) is 0 Å². The van der Waals surface area contributed by atoms with Gasteiger partial charge in [-0.15, -0.1) is 0 Å². The molecule has 0 aliphatic carbocycles. The van der Waals surface area contributed by atoms with Gasteiger partial charge in [0.2, 0.25) is 0 Å². The Morgan fingerprint density at radius 3 is 2.63 bits per heavy atom. The Bertz CT molecular complexity index is 764. The van der Waals surface area contributed by atoms with Crippen LogP contribution in [0.2, 0.25) is 0 Å². The van der Waals surface area contributed by atoms with Crippen molar-refractivity contribution >= 4 is 23.5 Å². The number of methoxy groups -OCH3 is 1. The van der Waals surface area contributed by atoms with Gasteiger partial charge in [-0.05, 0) is 49.4 Å². The van der Waals surface area contributed by atoms with Crippen molar-refractivity contribution in [3.63, 3.8) is 0 Å². The molecule has 0 spiro atoms. The van der Waals surface area contributed by atoms with E-state index in [2.05, 4.69) is 5.32 Å². The fourth-order valence-electron chi connectivity index (χ4n) is 5.30. The molecule has 1 aromatic rings. The maximum atomic E-state index is 12.8. The van der Waals surface area contributed by atoms with Crippen LogP contribution in [0.15, 0.2) is 18.2 Å². The summed E-state index contributed by atoms with van der Waals surface area (Å²) in [5, 5.41) is 3.04. The zero-order valence-corrected chi connectivity index (χ0v) is 15.5. The molecule has 4 heterocycles. The number of fused-ring (bicyclic) bond motifs is 6. The van der Waals surface area contributed by atoms with Gasteiger partial charge >= 0.3 is 12.1 Å². The molecule has 0 saturated carbocycles. The van der Waals surface area contributed by atoms with E-state index in [0.717, 1.165) is 55.7 Å². The molecule has 4 unspecified atom stereocenters. The lowest BCUT2D eigenvalue weighted by molar-refractivity contribution is 0.0747. The van der Waals surface area contributed by atoms with E-state index in [9.17, 15) is 9.59 Å². The minimum absolute atomic E-state index is 0.0376. The topological polar surface area (TPSA) is 71.1 Å². The third-order valence-corrected chi connectivity index (χ3v) is 6.58. The predicted molar refractivity (Wildman–Crippen MR) is 100.0 cm³/mol. The molecule has 4 atom stereocenters. The number of amides is 3. The molecule has 4 aliphatic rings. The Balaban J connectivity index is 1.28. The van der Waals surface area contributed by atoms with Crippen molar-refractivity contribution in [3.8, 4) is 0 Å². The lowest BCUT2D eigenvalue weighted by Gasteiger charge is -2.28. The molecule has 27 heavy (non-hydrogen) atoms. The second-order valence-electron chi connectivity index (χ2n) is 8.02. The SMILES string of the molecule is COC(=O)N1CCCc2cc(NC(=O)N3CC4C5CCC(O5)C4C3)ccc21. The smallest absolute Gasteiger partial charge is 0.414 e. The number of anilines is 2. The molecular weight excluding hydrogens is 346 g/mol. The van der Waals surface area contributed by atoms with Crippen molar-refractivity contribution in [2.75, 3.05) is 37.0 Å². The van der Waals surface area contributed by atoms with Gasteiger partial charge in [0.05, 0.1) is 25.0 Å². The van der Waals surface area contributed by atoms with Gasteiger partial charge in [0, 0.05) is 37.2 Å². The highest BCUT2D eigenvalue weighted by Crippen LogP contribution is 2.47. The van der Waals surface area contributed by atoms with E-state index < -0.39 is 0 Å². The van der Waals surface area contributed by atoms with Crippen LogP contribution in [0.3, 0.4) is 0 Å². The zero-order valence-electron chi connectivity index (χ0n) is 15.5. The standard InChI is InChI=1S/C20H25N3O4/c1-26-20(25)23-8-2-3-12-9-13(4-5-16(12)23)21-19(24)22-10-14-15(11-22)18-7-6-17(14)27-18/h4-5,9,14-15,17-18H,2-3,6-8,10-11H2,1H3,(H,21,24). The normalized spacial score (nSPS) is 30.9. The van der Waals surface area contributed by atoms with E-state index in [1.165, 1.54) is 7.11 Å². The van der Waals surface area contributed by atoms with Crippen molar-refractivity contribution in [1.29, 1.82) is 0 Å². The molecule has 3 amide bonds. The Labute approximate surface area is 158 Å². The van der Waals surface area contributed by atoms with Crippen LogP contribution in [0.1, 0.15) is 24.8 Å². The first kappa shape index (κ1) is 16.9. The average Bonchev–Trinajstić information content (AvgIpc) is 3.39. The van der Waals surface area contributed by atoms with E-state index in [-0.39, 0.29) is 12.1 Å². The number of aryl methyl sites for hydroxylation is 1. The largest absolute Gasteiger partial charge is 0.452 e. The van der Waals surface area contributed by atoms with Gasteiger partial charge in [-0.25, -0.2) is 9.59 Å². The lowest BCUT2D eigenvalue weighted by Crippen LogP contribution is -2.36. The highest BCUT2D eigenvalue weighted by molar-refractivity contribution is 5.92. The van der Waals surface area contributed by atoms with Crippen molar-refractivity contribution < 1.29 is 19.1 Å². The minimum atomic E-state index is -0.340. The summed E-state index contributed by atoms with van der Waals surface area (Å²) >= 11 is 0. The van der Waals surface area contributed by atoms with Crippen LogP contribution in [0.25, 0.3) is 0 Å². The number of carbonyl (C=O) groups excluding carboxylic acids is 2. The van der Waals surface area contributed by atoms with Gasteiger partial charge in [0.1, 0.15) is 0 Å². The maximum Gasteiger partial charge on any atom is 0.414 e. The Morgan fingerprint density at radius 2 is 1.93 bits per heavy atom. The predicted octanol–water partition coefficient (Wildman–Crippen LogP) is 2.85. The number of ether oxygens (including phenoxy) is 2. The van der Waals surface area contributed by atoms with E-state index >= 15 is 0 Å². The van der Waals surface area contributed by atoms with Gasteiger partial charge in [-0.2, -0.15) is 0 Å². The van der Waals surface area contributed by atoms with Gasteiger partial charge in [-0.3, -0.25) is 4.90 Å². The van der Waals surface area contributed by atoms with E-state index in [0.29, 0.717) is 30.6 Å². The molecule has 7 heteroatoms. The van der Waals surface area contributed by atoms with Gasteiger partial charge in [0.25, 0.3) is 0 Å². The number of hydrogen-bond donors (Lipinski definition) is 1. The highest BCUT2D eigenvalue weighted by Gasteiger charge is 2.53. The molecule has 1 aromatic carbocycles. The molecule has 144 valence electrons. The second-order valence-corrected chi connectivity index (χ2v) is 8.02. The fraction of sp³-hybridized carbons (Fsp3) is 0.600. The van der Waals surface area contributed by atoms with Gasteiger partial charge in [-0.1, -0.05) is 0 Å². The summed E-state index contributed by atoms with van der Waals surface area (Å²) in [6.45, 7) is 2.24. The first-order valence-electron chi connectivity index (χ1n) is 9.84. The number of rotatable bonds is 1. The molecule has 5 rings (SSSR count). The maximum absolute atomic E-state index is 12.8. The zero-order chi connectivity index (χ0) is 18.5. The number of likely N-dealkylation sites (tertiary alicyclic amines) is 1. The van der Waals surface area contributed by atoms with Crippen LogP contribution in [-0.2, 0) is 15.9 Å². The second kappa shape index (κ2) is 6.41. The minimum Gasteiger partial charge on any atom is -0.452 e. The van der Waals surface area contributed by atoms with Gasteiger partial charge < -0.3 is 19.7 Å². The summed E-state index contributed by atoms with van der Waals surface area (Å²) in [5.74, 6) is 1.01. The lowest BCUT2D eigenvalue weighted by atomic mass is 9.82. The van der Waals surface area contributed by atoms with Crippen LogP contribution < -0.4 is 10.2 Å². The molecule has 7 nitrogen and oxygen atoms in total. The number of hydrogen-bond acceptors (Lipinski definition) is 4. The third kappa shape index (κ3) is 2.76. The van der Waals surface area contributed by atoms with E-state index in [1.807, 2.05) is 23.1 Å². The quantitative estimate of drug-likeness (QED) is 0.824. The van der Waals surface area contributed by atoms with Crippen LogP contribution in [0.4, 0.5) is 21.0 Å². The van der Waals surface area contributed by atoms with Crippen molar-refractivity contribution in [3.05, 3.63) is 23.8 Å². The molecule has 0 radical (unpaired) electrons. The number of nitrogens with one attached hydrogen (secondary N) is 1. The first-order chi connectivity index (χ1) is 13.1. The molecule has 4 aliphatic heterocycles. The summed E-state index contributed by atoms with van der Waals surface area (Å²) in [5.41, 5.74) is 2.71. The van der Waals surface area contributed by atoms with E-state index in [1.54, 1.807) is 4.90 Å². The Morgan fingerprint density at radius 1 is 1.19 bits per heavy atom. The number of carbonyl (C=O) groups is 2. The molecule has 0 aromatic heterocycles. The fourth-order valence-corrected chi connectivity index (χ4v) is 5.30. The summed E-state index contributed by atoms with van der Waals surface area (Å²) in [7, 11) is 1.40. The van der Waals surface area contributed by atoms with Crippen LogP contribution >= 0.6 is 0 Å². The Kier molecular flexibility index (Phi) is 4.00. The van der Waals surface area contributed by atoms with Crippen molar-refractivity contribution in [2.45, 2.75) is 37.9 Å². The third-order valence-electron chi connectivity index (χ3n) is 6.58. The average molecular weight is 371 g/mol. The van der Waals surface area contributed by atoms with Crippen LogP contribution in [-0.4, -0.2) is 56.0 Å². The van der Waals surface area contributed by atoms with Crippen LogP contribution in [0, 0.1) is 11.8 Å². The number of urea groups is 1. The molecule has 1 N–H and O–H groups in total. The number of benzene rings is 1. The highest BCUT2D eigenvalue weighted by atomic mass is 16.5. The molecular formula is C20H25N3O4. The Hall–Kier alpha value is -2.28. The number of nitrogens with zero attached hydrogens (tertiary/aromatic N) is 2. The summed E-state index contributed by atoms with van der Waals surface area (Å²) in [6, 6.07) is 5.70. The van der Waals surface area contributed by atoms with E-state index in [4.69, 9.17) is 9.47 Å².